The molecule has 0 radical (unpaired) electrons. The largest absolute Gasteiger partial charge is 0.331 e. The summed E-state index contributed by atoms with van der Waals surface area (Å²) in [5, 5.41) is 2.84. The Morgan fingerprint density at radius 3 is 2.50 bits per heavy atom. The van der Waals surface area contributed by atoms with E-state index in [4.69, 9.17) is 0 Å². The van der Waals surface area contributed by atoms with E-state index in [0.29, 0.717) is 37.5 Å². The summed E-state index contributed by atoms with van der Waals surface area (Å²) in [4.78, 5) is 54.3. The molecule has 1 saturated heterocycles. The molecule has 5 rings (SSSR count). The Balaban J connectivity index is 1.36. The van der Waals surface area contributed by atoms with Gasteiger partial charge >= 0.3 is 11.7 Å². The lowest BCUT2D eigenvalue weighted by Gasteiger charge is -2.32. The van der Waals surface area contributed by atoms with Crippen molar-refractivity contribution < 1.29 is 14.0 Å². The molecule has 1 aromatic heterocycles. The van der Waals surface area contributed by atoms with Crippen LogP contribution in [0.4, 0.5) is 14.9 Å². The Labute approximate surface area is 232 Å². The molecule has 2 aromatic carbocycles. The van der Waals surface area contributed by atoms with Gasteiger partial charge in [-0.2, -0.15) is 0 Å². The average molecular weight is 549 g/mol. The van der Waals surface area contributed by atoms with Crippen molar-refractivity contribution in [2.24, 2.45) is 11.8 Å². The number of carbonyl (C=O) groups is 2. The molecule has 1 saturated carbocycles. The van der Waals surface area contributed by atoms with E-state index < -0.39 is 23.1 Å². The van der Waals surface area contributed by atoms with Crippen molar-refractivity contribution in [3.05, 3.63) is 73.7 Å². The maximum atomic E-state index is 15.3. The van der Waals surface area contributed by atoms with E-state index in [1.807, 2.05) is 45.9 Å². The lowest BCUT2D eigenvalue weighted by atomic mass is 9.89. The van der Waals surface area contributed by atoms with E-state index in [1.165, 1.54) is 15.2 Å². The Kier molecular flexibility index (Phi) is 7.66. The molecule has 212 valence electrons. The molecule has 2 fully saturated rings. The molecule has 1 atom stereocenters. The first kappa shape index (κ1) is 27.8. The van der Waals surface area contributed by atoms with Crippen LogP contribution in [0.15, 0.2) is 39.9 Å². The van der Waals surface area contributed by atoms with Gasteiger partial charge in [0.05, 0.1) is 16.6 Å². The number of carbonyl (C=O) groups excluding carboxylic acids is 2. The molecule has 0 spiro atoms. The highest BCUT2D eigenvalue weighted by Gasteiger charge is 2.28. The van der Waals surface area contributed by atoms with Crippen LogP contribution in [-0.4, -0.2) is 38.9 Å². The minimum absolute atomic E-state index is 0.00321. The van der Waals surface area contributed by atoms with Crippen LogP contribution < -0.4 is 16.6 Å². The number of benzene rings is 2. The third-order valence-electron chi connectivity index (χ3n) is 8.13. The first-order valence-corrected chi connectivity index (χ1v) is 14.2. The fraction of sp³-hybridized carbons (Fsp3) is 0.484. The highest BCUT2D eigenvalue weighted by atomic mass is 19.1. The minimum atomic E-state index is -0.715. The SMILES string of the molecule is Cc1ccc(C)c(C(=O)C[C@@H]2CCCN(C(=O)Nc3cc4c(=O)n(CC5CC5)c(=O)n(C(C)C)c4cc3F)C2)c1. The molecule has 0 unspecified atom stereocenters. The number of halogens is 1. The highest BCUT2D eigenvalue weighted by Crippen LogP contribution is 2.30. The van der Waals surface area contributed by atoms with Gasteiger partial charge in [-0.3, -0.25) is 18.7 Å². The van der Waals surface area contributed by atoms with E-state index in [9.17, 15) is 19.2 Å². The number of fused-ring (bicyclic) bond motifs is 1. The van der Waals surface area contributed by atoms with Crippen molar-refractivity contribution in [2.75, 3.05) is 18.4 Å². The third-order valence-corrected chi connectivity index (χ3v) is 8.13. The van der Waals surface area contributed by atoms with E-state index in [-0.39, 0.29) is 34.3 Å². The Hall–Kier alpha value is -3.75. The van der Waals surface area contributed by atoms with Crippen LogP contribution in [-0.2, 0) is 6.54 Å². The maximum absolute atomic E-state index is 15.3. The fourth-order valence-electron chi connectivity index (χ4n) is 5.73. The quantitative estimate of drug-likeness (QED) is 0.399. The van der Waals surface area contributed by atoms with Crippen LogP contribution in [0.5, 0.6) is 0 Å². The topological polar surface area (TPSA) is 93.4 Å². The fourth-order valence-corrected chi connectivity index (χ4v) is 5.73. The van der Waals surface area contributed by atoms with Crippen LogP contribution in [0.25, 0.3) is 10.9 Å². The van der Waals surface area contributed by atoms with E-state index in [0.717, 1.165) is 42.9 Å². The molecule has 9 heteroatoms. The zero-order valence-corrected chi connectivity index (χ0v) is 23.6. The predicted molar refractivity (Wildman–Crippen MR) is 154 cm³/mol. The predicted octanol–water partition coefficient (Wildman–Crippen LogP) is 5.43. The van der Waals surface area contributed by atoms with Crippen LogP contribution in [0.1, 0.15) is 73.5 Å². The number of amides is 2. The Bertz CT molecular complexity index is 1600. The molecule has 2 heterocycles. The van der Waals surface area contributed by atoms with Gasteiger partial charge in [-0.25, -0.2) is 14.0 Å². The number of hydrogen-bond acceptors (Lipinski definition) is 4. The normalized spacial score (nSPS) is 17.4. The summed E-state index contributed by atoms with van der Waals surface area (Å²) in [7, 11) is 0. The van der Waals surface area contributed by atoms with Gasteiger partial charge in [-0.05, 0) is 82.9 Å². The maximum Gasteiger partial charge on any atom is 0.331 e. The third kappa shape index (κ3) is 5.60. The Morgan fingerprint density at radius 2 is 1.80 bits per heavy atom. The van der Waals surface area contributed by atoms with Gasteiger partial charge in [0.25, 0.3) is 5.56 Å². The van der Waals surface area contributed by atoms with Gasteiger partial charge in [-0.15, -0.1) is 0 Å². The summed E-state index contributed by atoms with van der Waals surface area (Å²) in [6.07, 6.45) is 3.86. The number of nitrogens with one attached hydrogen (secondary N) is 1. The van der Waals surface area contributed by atoms with Gasteiger partial charge in [0.2, 0.25) is 0 Å². The van der Waals surface area contributed by atoms with E-state index >= 15 is 4.39 Å². The number of likely N-dealkylation sites (tertiary alicyclic amines) is 1. The summed E-state index contributed by atoms with van der Waals surface area (Å²) >= 11 is 0. The standard InChI is InChI=1S/C31H37FN4O4/c1-18(2)36-27-15-25(32)26(14-24(27)29(38)35(31(36)40)17-21-9-10-21)33-30(39)34-11-5-6-22(16-34)13-28(37)23-12-19(3)7-8-20(23)4/h7-8,12,14-15,18,21-22H,5-6,9-11,13,16-17H2,1-4H3,(H,33,39)/t22-/m0/s1. The van der Waals surface area contributed by atoms with Crippen LogP contribution in [0.3, 0.4) is 0 Å². The smallest absolute Gasteiger partial charge is 0.324 e. The number of urea groups is 1. The van der Waals surface area contributed by atoms with E-state index in [2.05, 4.69) is 5.32 Å². The van der Waals surface area contributed by atoms with Gasteiger partial charge in [0.15, 0.2) is 5.78 Å². The highest BCUT2D eigenvalue weighted by molar-refractivity contribution is 5.98. The van der Waals surface area contributed by atoms with Gasteiger partial charge < -0.3 is 10.2 Å². The lowest BCUT2D eigenvalue weighted by molar-refractivity contribution is 0.0930. The van der Waals surface area contributed by atoms with Gasteiger partial charge in [-0.1, -0.05) is 17.7 Å². The number of nitrogens with zero attached hydrogens (tertiary/aromatic N) is 3. The summed E-state index contributed by atoms with van der Waals surface area (Å²) in [6, 6.07) is 7.59. The number of aryl methyl sites for hydroxylation is 2. The van der Waals surface area contributed by atoms with Crippen molar-refractivity contribution in [2.45, 2.75) is 72.4 Å². The molecule has 1 aliphatic carbocycles. The minimum Gasteiger partial charge on any atom is -0.324 e. The zero-order valence-electron chi connectivity index (χ0n) is 23.6. The van der Waals surface area contributed by atoms with Gasteiger partial charge in [0.1, 0.15) is 5.82 Å². The zero-order chi connectivity index (χ0) is 28.7. The van der Waals surface area contributed by atoms with Gasteiger partial charge in [0, 0.05) is 43.7 Å². The molecule has 2 aliphatic rings. The molecule has 0 bridgehead atoms. The lowest BCUT2D eigenvalue weighted by Crippen LogP contribution is -2.43. The molecule has 1 N–H and O–H groups in total. The summed E-state index contributed by atoms with van der Waals surface area (Å²) < 4.78 is 18.0. The van der Waals surface area contributed by atoms with Crippen molar-refractivity contribution in [1.29, 1.82) is 0 Å². The van der Waals surface area contributed by atoms with Crippen molar-refractivity contribution >= 4 is 28.4 Å². The summed E-state index contributed by atoms with van der Waals surface area (Å²) in [5.41, 5.74) is 1.89. The molecule has 2 amide bonds. The number of piperidine rings is 1. The molecule has 8 nitrogen and oxygen atoms in total. The Morgan fingerprint density at radius 1 is 1.05 bits per heavy atom. The van der Waals surface area contributed by atoms with Crippen LogP contribution in [0.2, 0.25) is 0 Å². The van der Waals surface area contributed by atoms with Crippen molar-refractivity contribution in [3.63, 3.8) is 0 Å². The first-order chi connectivity index (χ1) is 19.0. The van der Waals surface area contributed by atoms with Crippen molar-refractivity contribution in [3.8, 4) is 0 Å². The summed E-state index contributed by atoms with van der Waals surface area (Å²) in [6.45, 7) is 8.74. The monoisotopic (exact) mass is 548 g/mol. The molecular formula is C31H37FN4O4. The number of anilines is 1. The van der Waals surface area contributed by atoms with E-state index in [1.54, 1.807) is 4.90 Å². The number of rotatable bonds is 7. The number of aromatic nitrogens is 2. The molecule has 3 aromatic rings. The molecule has 40 heavy (non-hydrogen) atoms. The number of ketones is 1. The van der Waals surface area contributed by atoms with Crippen LogP contribution in [0, 0.1) is 31.5 Å². The average Bonchev–Trinajstić information content (AvgIpc) is 3.73. The molecular weight excluding hydrogens is 511 g/mol. The van der Waals surface area contributed by atoms with Crippen molar-refractivity contribution in [1.82, 2.24) is 14.0 Å². The first-order valence-electron chi connectivity index (χ1n) is 14.2. The van der Waals surface area contributed by atoms with Crippen LogP contribution >= 0.6 is 0 Å². The summed E-state index contributed by atoms with van der Waals surface area (Å²) in [5.74, 6) is -0.347. The second-order valence-electron chi connectivity index (χ2n) is 11.8. The molecule has 1 aliphatic heterocycles. The number of hydrogen-bond donors (Lipinski definition) is 1. The number of Topliss-reactive ketones (excluding diaryl/α,β-unsaturated/α-hetero) is 1. The second-order valence-corrected chi connectivity index (χ2v) is 11.8. The second kappa shape index (κ2) is 11.0.